The highest BCUT2D eigenvalue weighted by molar-refractivity contribution is 6.26. The van der Waals surface area contributed by atoms with Crippen molar-refractivity contribution < 1.29 is 14.0 Å². The van der Waals surface area contributed by atoms with Gasteiger partial charge in [0.15, 0.2) is 17.5 Å². The van der Waals surface area contributed by atoms with Crippen LogP contribution >= 0.6 is 0 Å². The molecule has 4 heteroatoms. The zero-order chi connectivity index (χ0) is 38.4. The highest BCUT2D eigenvalue weighted by atomic mass is 16.3. The Kier molecular flexibility index (Phi) is 4.76. The molecule has 0 aliphatic heterocycles. The van der Waals surface area contributed by atoms with Crippen LogP contribution in [0.4, 0.5) is 0 Å². The van der Waals surface area contributed by atoms with E-state index in [-0.39, 0.29) is 47.7 Å². The van der Waals surface area contributed by atoms with Crippen molar-refractivity contribution in [2.24, 2.45) is 0 Å². The third-order valence-electron chi connectivity index (χ3n) is 8.95. The van der Waals surface area contributed by atoms with Crippen molar-refractivity contribution >= 4 is 54.3 Å². The molecule has 0 saturated heterocycles. The molecule has 0 fully saturated rings. The van der Waals surface area contributed by atoms with Gasteiger partial charge < -0.3 is 4.42 Å². The van der Waals surface area contributed by atoms with Crippen LogP contribution in [0.5, 0.6) is 0 Å². The van der Waals surface area contributed by atoms with Gasteiger partial charge in [0.05, 0.1) is 9.60 Å². The van der Waals surface area contributed by atoms with E-state index >= 15 is 0 Å². The molecule has 10 aromatic rings. The van der Waals surface area contributed by atoms with Crippen LogP contribution in [0.25, 0.3) is 99.5 Å². The minimum absolute atomic E-state index is 0.0259. The van der Waals surface area contributed by atoms with E-state index in [4.69, 9.17) is 26.2 Å². The van der Waals surface area contributed by atoms with Crippen molar-refractivity contribution in [2.75, 3.05) is 0 Å². The van der Waals surface area contributed by atoms with E-state index in [1.165, 1.54) is 18.2 Å². The lowest BCUT2D eigenvalue weighted by atomic mass is 9.91. The Balaban J connectivity index is 1.25. The first kappa shape index (κ1) is 21.3. The monoisotopic (exact) mass is 632 g/mol. The molecule has 0 saturated carbocycles. The Morgan fingerprint density at radius 2 is 1.06 bits per heavy atom. The molecule has 4 nitrogen and oxygen atoms in total. The molecule has 2 aromatic heterocycles. The Morgan fingerprint density at radius 1 is 0.408 bits per heavy atom. The number of fused-ring (bicyclic) bond motifs is 9. The second-order valence-electron chi connectivity index (χ2n) is 11.8. The molecule has 0 spiro atoms. The summed E-state index contributed by atoms with van der Waals surface area (Å²) >= 11 is 0. The van der Waals surface area contributed by atoms with E-state index in [9.17, 15) is 2.74 Å². The number of rotatable bonds is 4. The van der Waals surface area contributed by atoms with Crippen molar-refractivity contribution in [3.63, 3.8) is 0 Å². The highest BCUT2D eigenvalue weighted by Crippen LogP contribution is 2.41. The van der Waals surface area contributed by atoms with E-state index in [1.54, 1.807) is 6.07 Å². The van der Waals surface area contributed by atoms with Gasteiger partial charge in [-0.05, 0) is 73.8 Å². The molecule has 2 heterocycles. The maximum absolute atomic E-state index is 9.76. The van der Waals surface area contributed by atoms with E-state index < -0.39 is 0 Å². The number of nitrogens with zero attached hydrogens (tertiary/aromatic N) is 3. The molecule has 0 N–H and O–H groups in total. The molecule has 8 aromatic carbocycles. The first-order chi connectivity index (χ1) is 27.2. The maximum atomic E-state index is 9.76. The molecular formula is C45H27N3O. The molecule has 0 aliphatic carbocycles. The predicted octanol–water partition coefficient (Wildman–Crippen LogP) is 11.9. The van der Waals surface area contributed by atoms with Crippen molar-refractivity contribution in [3.8, 4) is 45.3 Å². The summed E-state index contributed by atoms with van der Waals surface area (Å²) in [6.45, 7) is 0. The van der Waals surface area contributed by atoms with Gasteiger partial charge in [0.25, 0.3) is 0 Å². The van der Waals surface area contributed by atoms with Gasteiger partial charge >= 0.3 is 0 Å². The van der Waals surface area contributed by atoms with Gasteiger partial charge in [-0.3, -0.25) is 0 Å². The van der Waals surface area contributed by atoms with Gasteiger partial charge in [-0.1, -0.05) is 133 Å². The summed E-state index contributed by atoms with van der Waals surface area (Å²) in [5.41, 5.74) is 4.44. The van der Waals surface area contributed by atoms with Crippen molar-refractivity contribution in [1.29, 1.82) is 0 Å². The molecule has 0 radical (unpaired) electrons. The minimum atomic E-state index is -0.149. The third-order valence-corrected chi connectivity index (χ3v) is 8.95. The molecule has 49 heavy (non-hydrogen) atoms. The molecule has 228 valence electrons. The van der Waals surface area contributed by atoms with Crippen LogP contribution < -0.4 is 0 Å². The maximum Gasteiger partial charge on any atom is 0.164 e. The summed E-state index contributed by atoms with van der Waals surface area (Å²) in [6.07, 6.45) is 0. The molecule has 0 aliphatic rings. The standard InChI is InChI=1S/C45H27N3O/c1-3-12-28(13-4-1)43-46-44(29-14-5-2-6-15-29)48-45(47-43)31-23-25-40-39(27-31)42-32(20-11-21-41(42)49-40)30-22-24-37-35-18-8-7-16-33(35)34-17-9-10-19-36(34)38(37)26-30/h1-27H/i7D,8D,9D,17D,19D,22D,26D. The lowest BCUT2D eigenvalue weighted by molar-refractivity contribution is 0.669. The largest absolute Gasteiger partial charge is 0.456 e. The first-order valence-electron chi connectivity index (χ1n) is 19.4. The van der Waals surface area contributed by atoms with Gasteiger partial charge in [0.1, 0.15) is 11.2 Å². The van der Waals surface area contributed by atoms with Gasteiger partial charge in [-0.25, -0.2) is 15.0 Å². The molecule has 0 bridgehead atoms. The second-order valence-corrected chi connectivity index (χ2v) is 11.8. The fourth-order valence-corrected chi connectivity index (χ4v) is 6.67. The van der Waals surface area contributed by atoms with Crippen LogP contribution in [0.1, 0.15) is 9.60 Å². The van der Waals surface area contributed by atoms with Gasteiger partial charge in [-0.15, -0.1) is 0 Å². The molecular weight excluding hydrogens is 599 g/mol. The zero-order valence-electron chi connectivity index (χ0n) is 32.8. The summed E-state index contributed by atoms with van der Waals surface area (Å²) in [5.74, 6) is 1.52. The summed E-state index contributed by atoms with van der Waals surface area (Å²) in [7, 11) is 0. The van der Waals surface area contributed by atoms with Crippen molar-refractivity contribution in [1.82, 2.24) is 15.0 Å². The number of hydrogen-bond donors (Lipinski definition) is 0. The third kappa shape index (κ3) is 4.49. The van der Waals surface area contributed by atoms with Crippen LogP contribution in [0.2, 0.25) is 0 Å². The van der Waals surface area contributed by atoms with E-state index in [0.29, 0.717) is 77.6 Å². The summed E-state index contributed by atoms with van der Waals surface area (Å²) in [4.78, 5) is 14.7. The predicted molar refractivity (Wildman–Crippen MR) is 201 cm³/mol. The Bertz CT molecular complexity index is 3220. The fourth-order valence-electron chi connectivity index (χ4n) is 6.67. The topological polar surface area (TPSA) is 51.8 Å². The molecule has 0 amide bonds. The fraction of sp³-hybridized carbons (Fsp3) is 0. The normalized spacial score (nSPS) is 13.7. The average molecular weight is 633 g/mol. The van der Waals surface area contributed by atoms with Crippen molar-refractivity contribution in [3.05, 3.63) is 164 Å². The van der Waals surface area contributed by atoms with Gasteiger partial charge in [0, 0.05) is 27.5 Å². The number of furan rings is 1. The van der Waals surface area contributed by atoms with E-state index in [2.05, 4.69) is 0 Å². The number of hydrogen-bond acceptors (Lipinski definition) is 4. The number of benzene rings is 8. The van der Waals surface area contributed by atoms with Crippen LogP contribution in [-0.2, 0) is 0 Å². The van der Waals surface area contributed by atoms with Gasteiger partial charge in [-0.2, -0.15) is 0 Å². The molecule has 0 unspecified atom stereocenters. The highest BCUT2D eigenvalue weighted by Gasteiger charge is 2.17. The summed E-state index contributed by atoms with van der Waals surface area (Å²) in [5, 5.41) is 3.71. The molecule has 0 atom stereocenters. The Morgan fingerprint density at radius 3 is 1.80 bits per heavy atom. The van der Waals surface area contributed by atoms with Crippen LogP contribution in [0.15, 0.2) is 168 Å². The quantitative estimate of drug-likeness (QED) is 0.181. The lowest BCUT2D eigenvalue weighted by Crippen LogP contribution is -2.00. The first-order valence-corrected chi connectivity index (χ1v) is 15.9. The van der Waals surface area contributed by atoms with Crippen molar-refractivity contribution in [2.45, 2.75) is 0 Å². The average Bonchev–Trinajstić information content (AvgIpc) is 3.59. The van der Waals surface area contributed by atoms with Crippen LogP contribution in [0.3, 0.4) is 0 Å². The minimum Gasteiger partial charge on any atom is -0.456 e. The van der Waals surface area contributed by atoms with E-state index in [0.717, 1.165) is 16.5 Å². The SMILES string of the molecule is [2H]c1cc2c(cc1[2H])c1c([2H])c([2H])cc([2H])c1c1c([2H])c(-c3cccc4oc5ccc(-c6nc(-c7ccccc7)nc(-c7ccccc7)n6)cc5c34)c([2H])cc21. The zero-order valence-corrected chi connectivity index (χ0v) is 25.8. The smallest absolute Gasteiger partial charge is 0.164 e. The Labute approximate surface area is 291 Å². The number of aromatic nitrogens is 3. The van der Waals surface area contributed by atoms with Crippen LogP contribution in [0, 0.1) is 0 Å². The van der Waals surface area contributed by atoms with Crippen LogP contribution in [-0.4, -0.2) is 15.0 Å². The molecule has 10 rings (SSSR count). The summed E-state index contributed by atoms with van der Waals surface area (Å²) in [6, 6.07) is 36.2. The summed E-state index contributed by atoms with van der Waals surface area (Å²) < 4.78 is 68.6. The lowest BCUT2D eigenvalue weighted by Gasteiger charge is -2.12. The van der Waals surface area contributed by atoms with Gasteiger partial charge in [0.2, 0.25) is 0 Å². The van der Waals surface area contributed by atoms with E-state index in [1.807, 2.05) is 97.1 Å². The second kappa shape index (κ2) is 11.0. The Hall–Kier alpha value is -6.65.